The predicted molar refractivity (Wildman–Crippen MR) is 112 cm³/mol. The largest absolute Gasteiger partial charge is 0.322 e. The number of hydrogen-bond acceptors (Lipinski definition) is 5. The van der Waals surface area contributed by atoms with Gasteiger partial charge in [0.05, 0.1) is 22.3 Å². The highest BCUT2D eigenvalue weighted by Crippen LogP contribution is 2.28. The molecule has 0 unspecified atom stereocenters. The van der Waals surface area contributed by atoms with Crippen LogP contribution in [0.15, 0.2) is 42.1 Å². The lowest BCUT2D eigenvalue weighted by Gasteiger charge is -2.13. The number of benzene rings is 1. The number of nitrogens with one attached hydrogen (secondary N) is 1. The van der Waals surface area contributed by atoms with Crippen LogP contribution >= 0.6 is 11.8 Å². The van der Waals surface area contributed by atoms with Crippen molar-refractivity contribution in [3.8, 4) is 11.4 Å². The number of allylic oxidation sites excluding steroid dienone is 1. The summed E-state index contributed by atoms with van der Waals surface area (Å²) < 4.78 is 16.8. The number of thioether (sulfide) groups is 1. The van der Waals surface area contributed by atoms with Crippen LogP contribution in [0.3, 0.4) is 0 Å². The average molecular weight is 415 g/mol. The number of aryl methyl sites for hydroxylation is 2. The number of aromatic nitrogens is 5. The number of carbonyl (C=O) groups is 1. The third-order valence-electron chi connectivity index (χ3n) is 4.54. The van der Waals surface area contributed by atoms with Gasteiger partial charge in [0, 0.05) is 19.2 Å². The fourth-order valence-corrected chi connectivity index (χ4v) is 3.73. The van der Waals surface area contributed by atoms with Crippen molar-refractivity contribution in [2.45, 2.75) is 37.7 Å². The van der Waals surface area contributed by atoms with Gasteiger partial charge < -0.3 is 5.32 Å². The molecule has 1 N–H and O–H groups in total. The minimum atomic E-state index is -0.414. The molecular weight excluding hydrogens is 391 g/mol. The summed E-state index contributed by atoms with van der Waals surface area (Å²) in [5, 5.41) is 15.9. The van der Waals surface area contributed by atoms with Crippen LogP contribution in [0, 0.1) is 19.7 Å². The van der Waals surface area contributed by atoms with E-state index in [9.17, 15) is 9.18 Å². The Labute approximate surface area is 173 Å². The van der Waals surface area contributed by atoms with Crippen LogP contribution in [0.5, 0.6) is 0 Å². The van der Waals surface area contributed by atoms with Crippen molar-refractivity contribution < 1.29 is 9.18 Å². The lowest BCUT2D eigenvalue weighted by atomic mass is 10.2. The van der Waals surface area contributed by atoms with Crippen molar-refractivity contribution in [1.82, 2.24) is 24.5 Å². The molecule has 2 heterocycles. The molecule has 1 aromatic carbocycles. The van der Waals surface area contributed by atoms with Gasteiger partial charge in [0.25, 0.3) is 0 Å². The minimum absolute atomic E-state index is 0.148. The summed E-state index contributed by atoms with van der Waals surface area (Å²) in [5.41, 5.74) is 3.13. The fourth-order valence-electron chi connectivity index (χ4n) is 2.87. The number of halogens is 1. The van der Waals surface area contributed by atoms with Crippen LogP contribution in [0.25, 0.3) is 11.4 Å². The van der Waals surface area contributed by atoms with Crippen LogP contribution in [0.1, 0.15) is 18.3 Å². The van der Waals surface area contributed by atoms with Gasteiger partial charge >= 0.3 is 0 Å². The Balaban J connectivity index is 1.80. The summed E-state index contributed by atoms with van der Waals surface area (Å²) in [4.78, 5) is 12.7. The second-order valence-corrected chi connectivity index (χ2v) is 7.94. The molecule has 3 rings (SSSR count). The second-order valence-electron chi connectivity index (χ2n) is 6.63. The molecule has 0 bridgehead atoms. The third-order valence-corrected chi connectivity index (χ3v) is 5.62. The van der Waals surface area contributed by atoms with E-state index in [1.165, 1.54) is 23.9 Å². The van der Waals surface area contributed by atoms with Crippen LogP contribution in [0.2, 0.25) is 0 Å². The predicted octanol–water partition coefficient (Wildman–Crippen LogP) is 3.74. The van der Waals surface area contributed by atoms with E-state index in [4.69, 9.17) is 0 Å². The molecule has 152 valence electrons. The molecular formula is C20H23FN6OS. The standard InChI is InChI=1S/C20H23FN6OS/c1-6-11-27-18(15-7-9-16(21)10-8-15)23-24-20(27)29-14(4)19(28)22-17-12(2)25-26(5)13(17)3/h6-10,14H,1,11H2,2-5H3,(H,22,28)/t14-/m1/s1. The summed E-state index contributed by atoms with van der Waals surface area (Å²) in [6, 6.07) is 6.06. The van der Waals surface area contributed by atoms with E-state index in [0.29, 0.717) is 17.5 Å². The topological polar surface area (TPSA) is 77.6 Å². The molecule has 0 spiro atoms. The molecule has 0 aliphatic heterocycles. The average Bonchev–Trinajstić information content (AvgIpc) is 3.18. The second kappa shape index (κ2) is 8.60. The molecule has 29 heavy (non-hydrogen) atoms. The quantitative estimate of drug-likeness (QED) is 0.471. The van der Waals surface area contributed by atoms with Crippen LogP contribution < -0.4 is 5.32 Å². The van der Waals surface area contributed by atoms with Crippen molar-refractivity contribution in [3.05, 3.63) is 54.1 Å². The van der Waals surface area contributed by atoms with Crippen LogP contribution in [-0.4, -0.2) is 35.7 Å². The Hall–Kier alpha value is -2.94. The van der Waals surface area contributed by atoms with Gasteiger partial charge in [-0.15, -0.1) is 16.8 Å². The van der Waals surface area contributed by atoms with Gasteiger partial charge in [0.15, 0.2) is 11.0 Å². The van der Waals surface area contributed by atoms with E-state index in [1.54, 1.807) is 22.9 Å². The lowest BCUT2D eigenvalue weighted by Crippen LogP contribution is -2.23. The van der Waals surface area contributed by atoms with Gasteiger partial charge in [-0.3, -0.25) is 14.0 Å². The monoisotopic (exact) mass is 414 g/mol. The first kappa shape index (κ1) is 20.8. The molecule has 9 heteroatoms. The Bertz CT molecular complexity index is 1040. The highest BCUT2D eigenvalue weighted by Gasteiger charge is 2.22. The number of anilines is 1. The van der Waals surface area contributed by atoms with Crippen molar-refractivity contribution in [3.63, 3.8) is 0 Å². The van der Waals surface area contributed by atoms with Gasteiger partial charge in [-0.05, 0) is 45.0 Å². The van der Waals surface area contributed by atoms with Gasteiger partial charge in [-0.2, -0.15) is 5.10 Å². The normalized spacial score (nSPS) is 12.0. The first-order valence-electron chi connectivity index (χ1n) is 9.09. The minimum Gasteiger partial charge on any atom is -0.322 e. The van der Waals surface area contributed by atoms with E-state index in [1.807, 2.05) is 32.4 Å². The summed E-state index contributed by atoms with van der Waals surface area (Å²) in [5.74, 6) is 0.133. The van der Waals surface area contributed by atoms with Gasteiger partial charge in [0.2, 0.25) is 5.91 Å². The van der Waals surface area contributed by atoms with Crippen molar-refractivity contribution in [2.75, 3.05) is 5.32 Å². The number of nitrogens with zero attached hydrogens (tertiary/aromatic N) is 5. The number of amides is 1. The highest BCUT2D eigenvalue weighted by molar-refractivity contribution is 8.00. The molecule has 0 saturated carbocycles. The number of rotatable bonds is 7. The summed E-state index contributed by atoms with van der Waals surface area (Å²) in [7, 11) is 1.84. The van der Waals surface area contributed by atoms with Crippen molar-refractivity contribution in [2.24, 2.45) is 7.05 Å². The maximum Gasteiger partial charge on any atom is 0.237 e. The smallest absolute Gasteiger partial charge is 0.237 e. The maximum absolute atomic E-state index is 13.2. The van der Waals surface area contributed by atoms with E-state index in [2.05, 4.69) is 27.2 Å². The van der Waals surface area contributed by atoms with Gasteiger partial charge in [-0.1, -0.05) is 17.8 Å². The van der Waals surface area contributed by atoms with Crippen molar-refractivity contribution in [1.29, 1.82) is 0 Å². The summed E-state index contributed by atoms with van der Waals surface area (Å²) in [6.45, 7) is 9.83. The van der Waals surface area contributed by atoms with Gasteiger partial charge in [-0.25, -0.2) is 4.39 Å². The van der Waals surface area contributed by atoms with Crippen LogP contribution in [-0.2, 0) is 18.4 Å². The molecule has 0 radical (unpaired) electrons. The summed E-state index contributed by atoms with van der Waals surface area (Å²) in [6.07, 6.45) is 1.73. The zero-order valence-electron chi connectivity index (χ0n) is 16.8. The van der Waals surface area contributed by atoms with E-state index >= 15 is 0 Å². The van der Waals surface area contributed by atoms with E-state index in [0.717, 1.165) is 22.6 Å². The molecule has 3 aromatic rings. The Morgan fingerprint density at radius 3 is 2.59 bits per heavy atom. The molecule has 2 aromatic heterocycles. The Morgan fingerprint density at radius 2 is 2.00 bits per heavy atom. The molecule has 1 atom stereocenters. The molecule has 0 aliphatic carbocycles. The molecule has 0 aliphatic rings. The first-order chi connectivity index (χ1) is 13.8. The van der Waals surface area contributed by atoms with E-state index in [-0.39, 0.29) is 11.7 Å². The summed E-state index contributed by atoms with van der Waals surface area (Å²) >= 11 is 1.30. The first-order valence-corrected chi connectivity index (χ1v) is 9.97. The molecule has 0 saturated heterocycles. The third kappa shape index (κ3) is 4.40. The number of hydrogen-bond donors (Lipinski definition) is 1. The van der Waals surface area contributed by atoms with Crippen molar-refractivity contribution >= 4 is 23.4 Å². The lowest BCUT2D eigenvalue weighted by molar-refractivity contribution is -0.115. The van der Waals surface area contributed by atoms with E-state index < -0.39 is 5.25 Å². The molecule has 0 fully saturated rings. The Morgan fingerprint density at radius 1 is 1.31 bits per heavy atom. The fraction of sp³-hybridized carbons (Fsp3) is 0.300. The zero-order valence-corrected chi connectivity index (χ0v) is 17.6. The highest BCUT2D eigenvalue weighted by atomic mass is 32.2. The molecule has 1 amide bonds. The zero-order chi connectivity index (χ0) is 21.1. The van der Waals surface area contributed by atoms with Gasteiger partial charge in [0.1, 0.15) is 5.82 Å². The Kier molecular flexibility index (Phi) is 6.17. The maximum atomic E-state index is 13.2. The van der Waals surface area contributed by atoms with Crippen LogP contribution in [0.4, 0.5) is 10.1 Å². The molecule has 7 nitrogen and oxygen atoms in total. The SMILES string of the molecule is C=CCn1c(S[C@H](C)C(=O)Nc2c(C)nn(C)c2C)nnc1-c1ccc(F)cc1. The number of carbonyl (C=O) groups excluding carboxylic acids is 1.